The maximum atomic E-state index is 12.6. The van der Waals surface area contributed by atoms with Crippen LogP contribution in [0.25, 0.3) is 10.2 Å². The van der Waals surface area contributed by atoms with Gasteiger partial charge in [-0.25, -0.2) is 4.98 Å². The minimum absolute atomic E-state index is 0.0407. The second-order valence-corrected chi connectivity index (χ2v) is 8.15. The highest BCUT2D eigenvalue weighted by Gasteiger charge is 2.28. The summed E-state index contributed by atoms with van der Waals surface area (Å²) < 4.78 is 6.57. The van der Waals surface area contributed by atoms with Crippen molar-refractivity contribution in [2.75, 3.05) is 20.2 Å². The Labute approximate surface area is 169 Å². The van der Waals surface area contributed by atoms with Crippen molar-refractivity contribution >= 4 is 27.5 Å². The highest BCUT2D eigenvalue weighted by Crippen LogP contribution is 2.35. The predicted molar refractivity (Wildman–Crippen MR) is 113 cm³/mol. The Morgan fingerprint density at radius 3 is 2.89 bits per heavy atom. The second-order valence-electron chi connectivity index (χ2n) is 7.09. The number of carbonyl (C=O) groups is 1. The van der Waals surface area contributed by atoms with E-state index < -0.39 is 0 Å². The Bertz CT molecular complexity index is 923. The quantitative estimate of drug-likeness (QED) is 0.681. The molecular weight excluding hydrogens is 370 g/mol. The summed E-state index contributed by atoms with van der Waals surface area (Å²) in [5.41, 5.74) is 2.04. The van der Waals surface area contributed by atoms with Crippen LogP contribution in [0.4, 0.5) is 0 Å². The van der Waals surface area contributed by atoms with Crippen LogP contribution in [-0.2, 0) is 11.3 Å². The fourth-order valence-electron chi connectivity index (χ4n) is 3.78. The Morgan fingerprint density at radius 2 is 2.04 bits per heavy atom. The van der Waals surface area contributed by atoms with Crippen LogP contribution in [0.15, 0.2) is 48.5 Å². The molecule has 3 aromatic rings. The van der Waals surface area contributed by atoms with Gasteiger partial charge < -0.3 is 10.1 Å². The Balaban J connectivity index is 1.42. The van der Waals surface area contributed by atoms with E-state index in [4.69, 9.17) is 9.72 Å². The molecule has 1 aromatic heterocycles. The molecule has 0 unspecified atom stereocenters. The number of thiazole rings is 1. The summed E-state index contributed by atoms with van der Waals surface area (Å²) in [5.74, 6) is 0.840. The summed E-state index contributed by atoms with van der Waals surface area (Å²) >= 11 is 1.75. The van der Waals surface area contributed by atoms with Crippen LogP contribution >= 0.6 is 11.3 Å². The topological polar surface area (TPSA) is 54.5 Å². The summed E-state index contributed by atoms with van der Waals surface area (Å²) in [5, 5.41) is 4.17. The molecule has 0 saturated carbocycles. The average molecular weight is 396 g/mol. The summed E-state index contributed by atoms with van der Waals surface area (Å²) in [7, 11) is 1.65. The molecule has 4 rings (SSSR count). The van der Waals surface area contributed by atoms with Crippen LogP contribution in [0, 0.1) is 0 Å². The molecule has 28 heavy (non-hydrogen) atoms. The smallest absolute Gasteiger partial charge is 0.234 e. The van der Waals surface area contributed by atoms with Crippen LogP contribution in [0.3, 0.4) is 0 Å². The molecule has 1 aliphatic rings. The second kappa shape index (κ2) is 8.71. The highest BCUT2D eigenvalue weighted by atomic mass is 32.1. The lowest BCUT2D eigenvalue weighted by atomic mass is 10.0. The minimum atomic E-state index is 0.0407. The lowest BCUT2D eigenvalue weighted by Crippen LogP contribution is -2.41. The van der Waals surface area contributed by atoms with Gasteiger partial charge >= 0.3 is 0 Å². The number of carbonyl (C=O) groups excluding carboxylic acids is 1. The molecule has 1 amide bonds. The molecule has 2 aromatic carbocycles. The maximum absolute atomic E-state index is 12.6. The maximum Gasteiger partial charge on any atom is 0.234 e. The fraction of sp³-hybridized carbons (Fsp3) is 0.364. The number of rotatable bonds is 6. The number of likely N-dealkylation sites (tertiary alicyclic amines) is 1. The number of para-hydroxylation sites is 2. The van der Waals surface area contributed by atoms with Gasteiger partial charge in [-0.15, -0.1) is 11.3 Å². The summed E-state index contributed by atoms with van der Waals surface area (Å²) in [6.07, 6.45) is 3.36. The number of hydrogen-bond acceptors (Lipinski definition) is 5. The molecule has 1 fully saturated rings. The number of piperidine rings is 1. The number of ether oxygens (including phenoxy) is 1. The third kappa shape index (κ3) is 4.18. The first-order valence-corrected chi connectivity index (χ1v) is 10.5. The van der Waals surface area contributed by atoms with Gasteiger partial charge in [0.05, 0.1) is 29.9 Å². The number of benzene rings is 2. The third-order valence-corrected chi connectivity index (χ3v) is 6.36. The zero-order chi connectivity index (χ0) is 19.3. The van der Waals surface area contributed by atoms with Crippen molar-refractivity contribution in [1.82, 2.24) is 15.2 Å². The number of aromatic nitrogens is 1. The van der Waals surface area contributed by atoms with Crippen molar-refractivity contribution in [1.29, 1.82) is 0 Å². The van der Waals surface area contributed by atoms with E-state index in [9.17, 15) is 4.79 Å². The van der Waals surface area contributed by atoms with E-state index in [2.05, 4.69) is 22.3 Å². The first kappa shape index (κ1) is 18.9. The minimum Gasteiger partial charge on any atom is -0.496 e. The standard InChI is InChI=1S/C22H25N3O2S/c1-27-19-11-4-2-8-16(19)14-23-21(26)15-25-13-7-6-10-18(25)22-24-17-9-3-5-12-20(17)28-22/h2-5,8-9,11-12,18H,6-7,10,13-15H2,1H3,(H,23,26)/t18-/m1/s1. The van der Waals surface area contributed by atoms with E-state index in [1.165, 1.54) is 11.1 Å². The van der Waals surface area contributed by atoms with Crippen LogP contribution in [0.5, 0.6) is 5.75 Å². The van der Waals surface area contributed by atoms with Gasteiger partial charge in [-0.3, -0.25) is 9.69 Å². The van der Waals surface area contributed by atoms with Crippen molar-refractivity contribution in [3.63, 3.8) is 0 Å². The normalized spacial score (nSPS) is 17.5. The van der Waals surface area contributed by atoms with Crippen LogP contribution in [0.2, 0.25) is 0 Å². The van der Waals surface area contributed by atoms with Gasteiger partial charge in [0.2, 0.25) is 5.91 Å². The molecule has 0 spiro atoms. The molecule has 0 aliphatic carbocycles. The molecule has 0 radical (unpaired) electrons. The summed E-state index contributed by atoms with van der Waals surface area (Å²) in [6.45, 7) is 1.81. The lowest BCUT2D eigenvalue weighted by molar-refractivity contribution is -0.123. The molecule has 1 saturated heterocycles. The number of fused-ring (bicyclic) bond motifs is 1. The lowest BCUT2D eigenvalue weighted by Gasteiger charge is -2.33. The average Bonchev–Trinajstić information content (AvgIpc) is 3.17. The molecule has 1 aliphatic heterocycles. The van der Waals surface area contributed by atoms with E-state index >= 15 is 0 Å². The van der Waals surface area contributed by atoms with Gasteiger partial charge in [-0.2, -0.15) is 0 Å². The zero-order valence-corrected chi connectivity index (χ0v) is 16.9. The largest absolute Gasteiger partial charge is 0.496 e. The summed E-state index contributed by atoms with van der Waals surface area (Å²) in [4.78, 5) is 19.7. The number of hydrogen-bond donors (Lipinski definition) is 1. The SMILES string of the molecule is COc1ccccc1CNC(=O)CN1CCCC[C@@H]1c1nc2ccccc2s1. The van der Waals surface area contributed by atoms with E-state index in [1.807, 2.05) is 36.4 Å². The van der Waals surface area contributed by atoms with Crippen molar-refractivity contribution < 1.29 is 9.53 Å². The summed E-state index contributed by atoms with van der Waals surface area (Å²) in [6, 6.07) is 16.2. The molecular formula is C22H25N3O2S. The van der Waals surface area contributed by atoms with E-state index in [1.54, 1.807) is 18.4 Å². The first-order valence-electron chi connectivity index (χ1n) is 9.72. The van der Waals surface area contributed by atoms with Gasteiger partial charge in [0.25, 0.3) is 0 Å². The number of amides is 1. The molecule has 2 heterocycles. The number of nitrogens with zero attached hydrogens (tertiary/aromatic N) is 2. The monoisotopic (exact) mass is 395 g/mol. The predicted octanol–water partition coefficient (Wildman–Crippen LogP) is 4.15. The molecule has 6 heteroatoms. The van der Waals surface area contributed by atoms with Crippen molar-refractivity contribution in [3.8, 4) is 5.75 Å². The Kier molecular flexibility index (Phi) is 5.88. The molecule has 1 N–H and O–H groups in total. The van der Waals surface area contributed by atoms with Crippen molar-refractivity contribution in [2.45, 2.75) is 31.8 Å². The molecule has 0 bridgehead atoms. The van der Waals surface area contributed by atoms with Gasteiger partial charge in [0, 0.05) is 12.1 Å². The van der Waals surface area contributed by atoms with Crippen LogP contribution in [0.1, 0.15) is 35.9 Å². The van der Waals surface area contributed by atoms with Gasteiger partial charge in [0.15, 0.2) is 0 Å². The van der Waals surface area contributed by atoms with Crippen molar-refractivity contribution in [2.24, 2.45) is 0 Å². The van der Waals surface area contributed by atoms with E-state index in [-0.39, 0.29) is 11.9 Å². The van der Waals surface area contributed by atoms with Crippen LogP contribution in [-0.4, -0.2) is 36.0 Å². The van der Waals surface area contributed by atoms with Crippen LogP contribution < -0.4 is 10.1 Å². The molecule has 1 atom stereocenters. The van der Waals surface area contributed by atoms with Gasteiger partial charge in [-0.1, -0.05) is 36.8 Å². The fourth-order valence-corrected chi connectivity index (χ4v) is 4.91. The Hall–Kier alpha value is -2.44. The number of methoxy groups -OCH3 is 1. The Morgan fingerprint density at radius 1 is 1.21 bits per heavy atom. The third-order valence-electron chi connectivity index (χ3n) is 5.22. The van der Waals surface area contributed by atoms with Gasteiger partial charge in [0.1, 0.15) is 10.8 Å². The van der Waals surface area contributed by atoms with Gasteiger partial charge in [-0.05, 0) is 37.6 Å². The van der Waals surface area contributed by atoms with Crippen molar-refractivity contribution in [3.05, 3.63) is 59.1 Å². The first-order chi connectivity index (χ1) is 13.7. The molecule has 146 valence electrons. The van der Waals surface area contributed by atoms with E-state index in [0.29, 0.717) is 13.1 Å². The highest BCUT2D eigenvalue weighted by molar-refractivity contribution is 7.18. The molecule has 5 nitrogen and oxygen atoms in total. The van der Waals surface area contributed by atoms with E-state index in [0.717, 1.165) is 41.2 Å². The number of nitrogens with one attached hydrogen (secondary N) is 1. The zero-order valence-electron chi connectivity index (χ0n) is 16.1.